The van der Waals surface area contributed by atoms with Gasteiger partial charge in [0.15, 0.2) is 5.82 Å². The Kier molecular flexibility index (Phi) is 3.10. The van der Waals surface area contributed by atoms with Crippen LogP contribution in [0.25, 0.3) is 0 Å². The van der Waals surface area contributed by atoms with Crippen LogP contribution in [0.2, 0.25) is 0 Å². The number of carbonyl (C=O) groups is 1. The second kappa shape index (κ2) is 4.93. The Bertz CT molecular complexity index is 705. The van der Waals surface area contributed by atoms with E-state index in [9.17, 15) is 10.1 Å². The molecule has 1 aromatic heterocycles. The van der Waals surface area contributed by atoms with Crippen LogP contribution in [0.5, 0.6) is 0 Å². The lowest BCUT2D eigenvalue weighted by Gasteiger charge is -2.47. The molecule has 1 saturated heterocycles. The largest absolute Gasteiger partial charge is 0.340 e. The Morgan fingerprint density at radius 2 is 2.22 bits per heavy atom. The first-order chi connectivity index (χ1) is 11.0. The fourth-order valence-electron chi connectivity index (χ4n) is 3.57. The summed E-state index contributed by atoms with van der Waals surface area (Å²) in [5.41, 5.74) is 1.56. The molecule has 2 aliphatic heterocycles. The summed E-state index contributed by atoms with van der Waals surface area (Å²) in [4.78, 5) is 23.9. The van der Waals surface area contributed by atoms with Crippen LogP contribution in [0.15, 0.2) is 12.3 Å². The molecule has 0 aromatic carbocycles. The van der Waals surface area contributed by atoms with E-state index in [1.165, 1.54) is 0 Å². The van der Waals surface area contributed by atoms with Crippen LogP contribution in [0, 0.1) is 23.7 Å². The zero-order chi connectivity index (χ0) is 16.2. The number of likely N-dealkylation sites (N-methyl/N-ethyl adjacent to an activating group) is 1. The fraction of sp³-hybridized carbons (Fsp3) is 0.588. The van der Waals surface area contributed by atoms with Gasteiger partial charge < -0.3 is 14.7 Å². The monoisotopic (exact) mass is 311 g/mol. The van der Waals surface area contributed by atoms with E-state index in [0.717, 1.165) is 43.0 Å². The number of fused-ring (bicyclic) bond motifs is 3. The van der Waals surface area contributed by atoms with E-state index in [1.807, 2.05) is 31.1 Å². The van der Waals surface area contributed by atoms with Gasteiger partial charge in [0.1, 0.15) is 6.04 Å². The van der Waals surface area contributed by atoms with Gasteiger partial charge in [-0.3, -0.25) is 4.79 Å². The van der Waals surface area contributed by atoms with E-state index in [-0.39, 0.29) is 17.4 Å². The zero-order valence-corrected chi connectivity index (χ0v) is 13.6. The fourth-order valence-corrected chi connectivity index (χ4v) is 3.57. The summed E-state index contributed by atoms with van der Waals surface area (Å²) < 4.78 is 0. The summed E-state index contributed by atoms with van der Waals surface area (Å²) in [5.74, 6) is 1.00. The molecule has 0 unspecified atom stereocenters. The van der Waals surface area contributed by atoms with E-state index < -0.39 is 0 Å². The summed E-state index contributed by atoms with van der Waals surface area (Å²) in [6, 6.07) is 4.25. The minimum Gasteiger partial charge on any atom is -0.340 e. The number of piperazine rings is 1. The van der Waals surface area contributed by atoms with E-state index in [4.69, 9.17) is 0 Å². The lowest BCUT2D eigenvalue weighted by atomic mass is 10.0. The molecule has 6 nitrogen and oxygen atoms in total. The van der Waals surface area contributed by atoms with Crippen molar-refractivity contribution in [3.05, 3.63) is 17.8 Å². The summed E-state index contributed by atoms with van der Waals surface area (Å²) >= 11 is 0. The highest BCUT2D eigenvalue weighted by Crippen LogP contribution is 2.48. The molecule has 1 atom stereocenters. The predicted octanol–water partition coefficient (Wildman–Crippen LogP) is 1.16. The molecule has 6 heteroatoms. The summed E-state index contributed by atoms with van der Waals surface area (Å²) in [6.07, 6.45) is 3.63. The number of aromatic nitrogens is 1. The van der Waals surface area contributed by atoms with Crippen molar-refractivity contribution in [2.24, 2.45) is 5.41 Å². The van der Waals surface area contributed by atoms with Crippen molar-refractivity contribution in [3.8, 4) is 6.07 Å². The number of anilines is 2. The number of hydrogen-bond donors (Lipinski definition) is 0. The molecule has 1 saturated carbocycles. The van der Waals surface area contributed by atoms with E-state index in [1.54, 1.807) is 0 Å². The Balaban J connectivity index is 1.77. The second-order valence-electron chi connectivity index (χ2n) is 7.14. The van der Waals surface area contributed by atoms with Crippen LogP contribution in [0.4, 0.5) is 11.5 Å². The van der Waals surface area contributed by atoms with Gasteiger partial charge in [-0.2, -0.15) is 5.26 Å². The standard InChI is InChI=1S/C17H21N5O/c1-12-7-13-15(19-8-12)21-6-5-20(2)9-14(21)16(23)22(13)11-17(10-18)3-4-17/h7-8,14H,3-6,9,11H2,1-2H3/t14-/m0/s1. The topological polar surface area (TPSA) is 63.5 Å². The highest BCUT2D eigenvalue weighted by Gasteiger charge is 2.49. The Labute approximate surface area is 136 Å². The SMILES string of the molecule is Cc1cnc2c(c1)N(CC1(C#N)CC1)C(=O)[C@@H]1CN(C)CCN21. The van der Waals surface area contributed by atoms with Crippen molar-refractivity contribution in [1.82, 2.24) is 9.88 Å². The molecular formula is C17H21N5O. The average Bonchev–Trinajstić information content (AvgIpc) is 3.32. The van der Waals surface area contributed by atoms with Crippen LogP contribution in [-0.4, -0.2) is 55.1 Å². The summed E-state index contributed by atoms with van der Waals surface area (Å²) in [5, 5.41) is 9.43. The van der Waals surface area contributed by atoms with Crippen LogP contribution >= 0.6 is 0 Å². The number of rotatable bonds is 2. The first-order valence-electron chi connectivity index (χ1n) is 8.17. The first kappa shape index (κ1) is 14.5. The molecule has 1 aliphatic carbocycles. The summed E-state index contributed by atoms with van der Waals surface area (Å²) in [6.45, 7) is 4.94. The normalized spacial score (nSPS) is 25.6. The predicted molar refractivity (Wildman–Crippen MR) is 87.2 cm³/mol. The average molecular weight is 311 g/mol. The van der Waals surface area contributed by atoms with Crippen LogP contribution < -0.4 is 9.80 Å². The van der Waals surface area contributed by atoms with E-state index in [2.05, 4.69) is 20.9 Å². The van der Waals surface area contributed by atoms with Gasteiger partial charge in [0.25, 0.3) is 5.91 Å². The third-order valence-electron chi connectivity index (χ3n) is 5.23. The van der Waals surface area contributed by atoms with Crippen molar-refractivity contribution in [3.63, 3.8) is 0 Å². The minimum absolute atomic E-state index is 0.109. The minimum atomic E-state index is -0.348. The maximum atomic E-state index is 13.1. The molecule has 0 bridgehead atoms. The Hall–Kier alpha value is -2.13. The van der Waals surface area contributed by atoms with Crippen molar-refractivity contribution < 1.29 is 4.79 Å². The third-order valence-corrected chi connectivity index (χ3v) is 5.23. The van der Waals surface area contributed by atoms with E-state index in [0.29, 0.717) is 13.1 Å². The Morgan fingerprint density at radius 1 is 1.43 bits per heavy atom. The molecule has 4 rings (SSSR count). The van der Waals surface area contributed by atoms with Gasteiger partial charge in [0.05, 0.1) is 17.2 Å². The number of nitrogens with zero attached hydrogens (tertiary/aromatic N) is 5. The van der Waals surface area contributed by atoms with Gasteiger partial charge in [-0.25, -0.2) is 4.98 Å². The lowest BCUT2D eigenvalue weighted by Crippen LogP contribution is -2.62. The van der Waals surface area contributed by atoms with Gasteiger partial charge in [-0.1, -0.05) is 0 Å². The van der Waals surface area contributed by atoms with Crippen molar-refractivity contribution in [1.29, 1.82) is 5.26 Å². The molecule has 0 spiro atoms. The lowest BCUT2D eigenvalue weighted by molar-refractivity contribution is -0.121. The molecular weight excluding hydrogens is 290 g/mol. The summed E-state index contributed by atoms with van der Waals surface area (Å²) in [7, 11) is 2.05. The molecule has 1 amide bonds. The molecule has 2 fully saturated rings. The molecule has 23 heavy (non-hydrogen) atoms. The molecule has 3 aliphatic rings. The van der Waals surface area contributed by atoms with E-state index >= 15 is 0 Å². The number of pyridine rings is 1. The molecule has 3 heterocycles. The maximum Gasteiger partial charge on any atom is 0.251 e. The highest BCUT2D eigenvalue weighted by atomic mass is 16.2. The number of carbonyl (C=O) groups excluding carboxylic acids is 1. The number of nitriles is 1. The highest BCUT2D eigenvalue weighted by molar-refractivity contribution is 6.05. The molecule has 1 aromatic rings. The first-order valence-corrected chi connectivity index (χ1v) is 8.17. The van der Waals surface area contributed by atoms with Crippen LogP contribution in [0.3, 0.4) is 0 Å². The third kappa shape index (κ3) is 2.27. The number of aryl methyl sites for hydroxylation is 1. The van der Waals surface area contributed by atoms with Gasteiger partial charge in [0, 0.05) is 32.4 Å². The van der Waals surface area contributed by atoms with Gasteiger partial charge >= 0.3 is 0 Å². The second-order valence-corrected chi connectivity index (χ2v) is 7.14. The van der Waals surface area contributed by atoms with Crippen molar-refractivity contribution in [2.45, 2.75) is 25.8 Å². The van der Waals surface area contributed by atoms with Gasteiger partial charge in [-0.15, -0.1) is 0 Å². The smallest absolute Gasteiger partial charge is 0.251 e. The van der Waals surface area contributed by atoms with Crippen LogP contribution in [0.1, 0.15) is 18.4 Å². The molecule has 120 valence electrons. The van der Waals surface area contributed by atoms with Crippen molar-refractivity contribution in [2.75, 3.05) is 43.0 Å². The number of amides is 1. The van der Waals surface area contributed by atoms with Gasteiger partial charge in [-0.05, 0) is 38.4 Å². The molecule has 0 radical (unpaired) electrons. The number of hydrogen-bond acceptors (Lipinski definition) is 5. The zero-order valence-electron chi connectivity index (χ0n) is 13.6. The maximum absolute atomic E-state index is 13.1. The van der Waals surface area contributed by atoms with Crippen molar-refractivity contribution >= 4 is 17.4 Å². The van der Waals surface area contributed by atoms with Crippen LogP contribution in [-0.2, 0) is 4.79 Å². The van der Waals surface area contributed by atoms with Gasteiger partial charge in [0.2, 0.25) is 0 Å². The molecule has 0 N–H and O–H groups in total. The Morgan fingerprint density at radius 3 is 2.91 bits per heavy atom. The quantitative estimate of drug-likeness (QED) is 0.820.